The summed E-state index contributed by atoms with van der Waals surface area (Å²) in [4.78, 5) is 27.4. The smallest absolute Gasteiger partial charge is 0.268 e. The Morgan fingerprint density at radius 2 is 1.43 bits per heavy atom. The minimum absolute atomic E-state index is 0.237. The van der Waals surface area contributed by atoms with Crippen LogP contribution in [0.4, 0.5) is 4.79 Å². The van der Waals surface area contributed by atoms with Crippen molar-refractivity contribution in [1.29, 1.82) is 0 Å². The fourth-order valence-electron chi connectivity index (χ4n) is 3.74. The van der Waals surface area contributed by atoms with Gasteiger partial charge in [0.25, 0.3) is 11.1 Å². The zero-order valence-corrected chi connectivity index (χ0v) is 18.2. The number of halogens is 1. The van der Waals surface area contributed by atoms with Crippen LogP contribution in [-0.2, 0) is 11.3 Å². The van der Waals surface area contributed by atoms with Gasteiger partial charge in [-0.3, -0.25) is 14.5 Å². The summed E-state index contributed by atoms with van der Waals surface area (Å²) in [5.74, 6) is -0.245. The highest BCUT2D eigenvalue weighted by Gasteiger charge is 2.35. The lowest BCUT2D eigenvalue weighted by Gasteiger charge is -2.12. The normalized spacial score (nSPS) is 15.6. The average Bonchev–Trinajstić information content (AvgIpc) is 3.02. The van der Waals surface area contributed by atoms with Gasteiger partial charge in [-0.1, -0.05) is 76.6 Å². The number of amides is 2. The highest BCUT2D eigenvalue weighted by molar-refractivity contribution is 9.10. The van der Waals surface area contributed by atoms with E-state index in [-0.39, 0.29) is 17.7 Å². The molecule has 5 heteroatoms. The third-order valence-electron chi connectivity index (χ3n) is 5.22. The zero-order valence-electron chi connectivity index (χ0n) is 15.8. The van der Waals surface area contributed by atoms with Crippen molar-refractivity contribution >= 4 is 66.5 Å². The van der Waals surface area contributed by atoms with Gasteiger partial charge in [-0.25, -0.2) is 0 Å². The molecule has 4 aromatic rings. The monoisotopic (exact) mass is 473 g/mol. The number of benzene rings is 4. The van der Waals surface area contributed by atoms with E-state index < -0.39 is 0 Å². The van der Waals surface area contributed by atoms with Crippen LogP contribution in [0, 0.1) is 0 Å². The first kappa shape index (κ1) is 19.1. The molecule has 4 aromatic carbocycles. The predicted octanol–water partition coefficient (Wildman–Crippen LogP) is 6.99. The molecule has 146 valence electrons. The molecule has 0 spiro atoms. The lowest BCUT2D eigenvalue weighted by molar-refractivity contribution is -0.123. The molecule has 30 heavy (non-hydrogen) atoms. The third kappa shape index (κ3) is 3.44. The summed E-state index contributed by atoms with van der Waals surface area (Å²) in [6, 6.07) is 26.0. The minimum Gasteiger partial charge on any atom is -0.268 e. The fourth-order valence-corrected chi connectivity index (χ4v) is 4.83. The van der Waals surface area contributed by atoms with Gasteiger partial charge in [0, 0.05) is 4.47 Å². The van der Waals surface area contributed by atoms with Crippen LogP contribution in [0.25, 0.3) is 27.6 Å². The Hall–Kier alpha value is -2.89. The van der Waals surface area contributed by atoms with Gasteiger partial charge in [-0.2, -0.15) is 0 Å². The summed E-state index contributed by atoms with van der Waals surface area (Å²) >= 11 is 4.41. The number of nitrogens with zero attached hydrogens (tertiary/aromatic N) is 1. The maximum absolute atomic E-state index is 13.1. The van der Waals surface area contributed by atoms with Gasteiger partial charge in [0.05, 0.1) is 11.4 Å². The van der Waals surface area contributed by atoms with Crippen LogP contribution in [0.15, 0.2) is 88.2 Å². The summed E-state index contributed by atoms with van der Waals surface area (Å²) < 4.78 is 0.961. The van der Waals surface area contributed by atoms with Crippen LogP contribution in [0.2, 0.25) is 0 Å². The second kappa shape index (κ2) is 7.74. The van der Waals surface area contributed by atoms with E-state index in [0.29, 0.717) is 4.91 Å². The Bertz CT molecular complexity index is 1290. The fraction of sp³-hybridized carbons (Fsp3) is 0.0400. The van der Waals surface area contributed by atoms with Gasteiger partial charge >= 0.3 is 0 Å². The summed E-state index contributed by atoms with van der Waals surface area (Å²) in [5, 5.41) is 4.11. The van der Waals surface area contributed by atoms with Crippen molar-refractivity contribution in [3.8, 4) is 0 Å². The van der Waals surface area contributed by atoms with Crippen molar-refractivity contribution in [3.63, 3.8) is 0 Å². The Morgan fingerprint density at radius 1 is 0.833 bits per heavy atom. The maximum atomic E-state index is 13.1. The molecule has 1 aliphatic heterocycles. The molecule has 1 heterocycles. The van der Waals surface area contributed by atoms with E-state index >= 15 is 0 Å². The van der Waals surface area contributed by atoms with Gasteiger partial charge in [0.1, 0.15) is 0 Å². The van der Waals surface area contributed by atoms with Gasteiger partial charge in [0.2, 0.25) is 0 Å². The van der Waals surface area contributed by atoms with Crippen molar-refractivity contribution in [1.82, 2.24) is 4.90 Å². The van der Waals surface area contributed by atoms with Crippen LogP contribution >= 0.6 is 27.7 Å². The number of hydrogen-bond donors (Lipinski definition) is 0. The molecule has 0 aliphatic carbocycles. The zero-order chi connectivity index (χ0) is 20.7. The summed E-state index contributed by atoms with van der Waals surface area (Å²) in [5.41, 5.74) is 1.88. The second-order valence-electron chi connectivity index (χ2n) is 7.13. The number of hydrogen-bond acceptors (Lipinski definition) is 3. The van der Waals surface area contributed by atoms with Crippen molar-refractivity contribution < 1.29 is 9.59 Å². The van der Waals surface area contributed by atoms with Crippen molar-refractivity contribution in [3.05, 3.63) is 99.4 Å². The lowest BCUT2D eigenvalue weighted by atomic mass is 9.96. The molecule has 0 unspecified atom stereocenters. The van der Waals surface area contributed by atoms with E-state index in [9.17, 15) is 9.59 Å². The summed E-state index contributed by atoms with van der Waals surface area (Å²) in [6.07, 6.45) is 1.87. The molecule has 0 radical (unpaired) electrons. The molecular weight excluding hydrogens is 458 g/mol. The summed E-state index contributed by atoms with van der Waals surface area (Å²) in [7, 11) is 0. The van der Waals surface area contributed by atoms with Crippen molar-refractivity contribution in [2.45, 2.75) is 6.54 Å². The standard InChI is InChI=1S/C25H16BrNO2S/c26-19-11-9-16(10-12-19)15-27-24(28)23(30-25(27)29)14-22-20-7-3-1-5-17(20)13-18-6-2-4-8-21(18)22/h1-14H,15H2/b23-14+. The molecule has 0 aromatic heterocycles. The quantitative estimate of drug-likeness (QED) is 0.237. The molecule has 3 nitrogen and oxygen atoms in total. The molecule has 2 amide bonds. The molecule has 0 atom stereocenters. The van der Waals surface area contributed by atoms with Gasteiger partial charge in [-0.05, 0) is 68.7 Å². The highest BCUT2D eigenvalue weighted by atomic mass is 79.9. The molecule has 5 rings (SSSR count). The molecule has 1 saturated heterocycles. The number of carbonyl (C=O) groups is 2. The number of rotatable bonds is 3. The van der Waals surface area contributed by atoms with Crippen molar-refractivity contribution in [2.24, 2.45) is 0 Å². The van der Waals surface area contributed by atoms with Crippen LogP contribution in [-0.4, -0.2) is 16.0 Å². The van der Waals surface area contributed by atoms with E-state index in [1.807, 2.05) is 54.6 Å². The highest BCUT2D eigenvalue weighted by Crippen LogP contribution is 2.37. The average molecular weight is 474 g/mol. The molecular formula is C25H16BrNO2S. The number of imide groups is 1. The van der Waals surface area contributed by atoms with Crippen LogP contribution in [0.3, 0.4) is 0 Å². The molecule has 0 saturated carbocycles. The van der Waals surface area contributed by atoms with Crippen LogP contribution in [0.1, 0.15) is 11.1 Å². The number of carbonyl (C=O) groups excluding carboxylic acids is 2. The van der Waals surface area contributed by atoms with Gasteiger partial charge < -0.3 is 0 Å². The number of fused-ring (bicyclic) bond motifs is 2. The number of thioether (sulfide) groups is 1. The van der Waals surface area contributed by atoms with E-state index in [1.54, 1.807) is 0 Å². The van der Waals surface area contributed by atoms with E-state index in [0.717, 1.165) is 48.9 Å². The van der Waals surface area contributed by atoms with Crippen molar-refractivity contribution in [2.75, 3.05) is 0 Å². The SMILES string of the molecule is O=C1S/C(=C/c2c3ccccc3cc3ccccc23)C(=O)N1Cc1ccc(Br)cc1. The first-order chi connectivity index (χ1) is 14.6. The van der Waals surface area contributed by atoms with Crippen LogP contribution < -0.4 is 0 Å². The van der Waals surface area contributed by atoms with Gasteiger partial charge in [-0.15, -0.1) is 0 Å². The molecule has 0 bridgehead atoms. The predicted molar refractivity (Wildman–Crippen MR) is 127 cm³/mol. The minimum atomic E-state index is -0.245. The Morgan fingerprint density at radius 3 is 2.07 bits per heavy atom. The molecule has 0 N–H and O–H groups in total. The lowest BCUT2D eigenvalue weighted by Crippen LogP contribution is -2.27. The van der Waals surface area contributed by atoms with Crippen LogP contribution in [0.5, 0.6) is 0 Å². The Labute approximate surface area is 186 Å². The maximum Gasteiger partial charge on any atom is 0.293 e. The molecule has 1 fully saturated rings. The Balaban J connectivity index is 1.58. The first-order valence-corrected chi connectivity index (χ1v) is 11.1. The third-order valence-corrected chi connectivity index (χ3v) is 6.65. The summed E-state index contributed by atoms with van der Waals surface area (Å²) in [6.45, 7) is 0.269. The molecule has 1 aliphatic rings. The van der Waals surface area contributed by atoms with E-state index in [2.05, 4.69) is 46.3 Å². The first-order valence-electron chi connectivity index (χ1n) is 9.50. The largest absolute Gasteiger partial charge is 0.293 e. The Kier molecular flexibility index (Phi) is 4.93. The van der Waals surface area contributed by atoms with E-state index in [1.165, 1.54) is 4.90 Å². The van der Waals surface area contributed by atoms with E-state index in [4.69, 9.17) is 0 Å². The second-order valence-corrected chi connectivity index (χ2v) is 9.04. The van der Waals surface area contributed by atoms with Gasteiger partial charge in [0.15, 0.2) is 0 Å². The topological polar surface area (TPSA) is 37.4 Å².